The van der Waals surface area contributed by atoms with Crippen LogP contribution in [0.15, 0.2) is 24.3 Å². The zero-order valence-corrected chi connectivity index (χ0v) is 19.4. The molecule has 2 fully saturated rings. The molecule has 1 heterocycles. The summed E-state index contributed by atoms with van der Waals surface area (Å²) in [6, 6.07) is 9.88. The van der Waals surface area contributed by atoms with Crippen molar-refractivity contribution in [2.45, 2.75) is 69.9 Å². The highest BCUT2D eigenvalue weighted by Crippen LogP contribution is 2.27. The van der Waals surface area contributed by atoms with Crippen LogP contribution in [0.25, 0.3) is 0 Å². The number of nitrogens with one attached hydrogen (secondary N) is 1. The van der Waals surface area contributed by atoms with Crippen molar-refractivity contribution in [2.75, 3.05) is 33.3 Å². The molecule has 1 aliphatic carbocycles. The Morgan fingerprint density at radius 2 is 1.81 bits per heavy atom. The summed E-state index contributed by atoms with van der Waals surface area (Å²) in [5, 5.41) is 12.7. The molecule has 2 aliphatic rings. The second-order valence-corrected chi connectivity index (χ2v) is 9.04. The standard InChI is InChI=1S/C25H36N4O3/c1-20(24(31)27-25(19-26)13-4-3-5-14-25)28-15-6-16-29(18-17-28)23(30)12-9-21-7-10-22(32-2)11-8-21/h7-8,10-11,20H,3-6,9,12-18H2,1-2H3,(H,27,31). The Kier molecular flexibility index (Phi) is 8.52. The molecule has 174 valence electrons. The molecule has 0 spiro atoms. The molecule has 1 saturated heterocycles. The van der Waals surface area contributed by atoms with Gasteiger partial charge in [-0.05, 0) is 50.3 Å². The van der Waals surface area contributed by atoms with Crippen LogP contribution in [0.3, 0.4) is 0 Å². The van der Waals surface area contributed by atoms with Gasteiger partial charge in [0.05, 0.1) is 19.2 Å². The monoisotopic (exact) mass is 440 g/mol. The van der Waals surface area contributed by atoms with E-state index in [0.717, 1.165) is 56.4 Å². The fourth-order valence-electron chi connectivity index (χ4n) is 4.70. The highest BCUT2D eigenvalue weighted by atomic mass is 16.5. The molecule has 0 bridgehead atoms. The van der Waals surface area contributed by atoms with Gasteiger partial charge in [0.2, 0.25) is 11.8 Å². The van der Waals surface area contributed by atoms with Crippen LogP contribution in [0.1, 0.15) is 57.4 Å². The summed E-state index contributed by atoms with van der Waals surface area (Å²) in [6.07, 6.45) is 6.60. The maximum Gasteiger partial charge on any atom is 0.238 e. The molecule has 7 nitrogen and oxygen atoms in total. The normalized spacial score (nSPS) is 20.0. The van der Waals surface area contributed by atoms with E-state index in [1.807, 2.05) is 36.1 Å². The van der Waals surface area contributed by atoms with E-state index in [-0.39, 0.29) is 17.9 Å². The minimum Gasteiger partial charge on any atom is -0.497 e. The number of nitrogens with zero attached hydrogens (tertiary/aromatic N) is 3. The van der Waals surface area contributed by atoms with E-state index in [1.54, 1.807) is 7.11 Å². The molecular weight excluding hydrogens is 404 g/mol. The number of methoxy groups -OCH3 is 1. The van der Waals surface area contributed by atoms with Crippen molar-refractivity contribution >= 4 is 11.8 Å². The summed E-state index contributed by atoms with van der Waals surface area (Å²) < 4.78 is 5.18. The topological polar surface area (TPSA) is 85.7 Å². The van der Waals surface area contributed by atoms with E-state index < -0.39 is 5.54 Å². The first kappa shape index (κ1) is 24.1. The molecule has 1 unspecified atom stereocenters. The Morgan fingerprint density at radius 3 is 2.47 bits per heavy atom. The molecular formula is C25H36N4O3. The molecule has 3 rings (SSSR count). The van der Waals surface area contributed by atoms with Gasteiger partial charge in [-0.15, -0.1) is 0 Å². The van der Waals surface area contributed by atoms with E-state index in [9.17, 15) is 14.9 Å². The van der Waals surface area contributed by atoms with E-state index in [0.29, 0.717) is 32.5 Å². The quantitative estimate of drug-likeness (QED) is 0.705. The van der Waals surface area contributed by atoms with Gasteiger partial charge >= 0.3 is 0 Å². The minimum absolute atomic E-state index is 0.0762. The number of aryl methyl sites for hydroxylation is 1. The van der Waals surface area contributed by atoms with Crippen LogP contribution in [-0.2, 0) is 16.0 Å². The first-order valence-electron chi connectivity index (χ1n) is 11.8. The van der Waals surface area contributed by atoms with Crippen molar-refractivity contribution in [3.63, 3.8) is 0 Å². The fraction of sp³-hybridized carbons (Fsp3) is 0.640. The first-order chi connectivity index (χ1) is 15.5. The van der Waals surface area contributed by atoms with E-state index >= 15 is 0 Å². The maximum atomic E-state index is 12.9. The summed E-state index contributed by atoms with van der Waals surface area (Å²) in [6.45, 7) is 4.69. The molecule has 7 heteroatoms. The Labute approximate surface area is 191 Å². The number of carbonyl (C=O) groups excluding carboxylic acids is 2. The number of carbonyl (C=O) groups is 2. The van der Waals surface area contributed by atoms with Gasteiger partial charge in [0, 0.05) is 32.6 Å². The molecule has 1 aromatic rings. The van der Waals surface area contributed by atoms with E-state index in [2.05, 4.69) is 16.3 Å². The van der Waals surface area contributed by atoms with Crippen LogP contribution in [-0.4, -0.2) is 66.5 Å². The lowest BCUT2D eigenvalue weighted by Gasteiger charge is -2.34. The second kappa shape index (κ2) is 11.3. The second-order valence-electron chi connectivity index (χ2n) is 9.04. The molecule has 0 aromatic heterocycles. The predicted molar refractivity (Wildman–Crippen MR) is 123 cm³/mol. The average molecular weight is 441 g/mol. The van der Waals surface area contributed by atoms with Gasteiger partial charge in [0.25, 0.3) is 0 Å². The third-order valence-corrected chi connectivity index (χ3v) is 6.88. The van der Waals surface area contributed by atoms with Gasteiger partial charge in [-0.25, -0.2) is 0 Å². The van der Waals surface area contributed by atoms with Gasteiger partial charge < -0.3 is 15.0 Å². The summed E-state index contributed by atoms with van der Waals surface area (Å²) in [5.74, 6) is 0.896. The highest BCUT2D eigenvalue weighted by Gasteiger charge is 2.36. The lowest BCUT2D eigenvalue weighted by atomic mass is 9.82. The van der Waals surface area contributed by atoms with Gasteiger partial charge in [-0.1, -0.05) is 31.4 Å². The summed E-state index contributed by atoms with van der Waals surface area (Å²) >= 11 is 0. The van der Waals surface area contributed by atoms with E-state index in [4.69, 9.17) is 4.74 Å². The van der Waals surface area contributed by atoms with Crippen LogP contribution in [0.5, 0.6) is 5.75 Å². The number of amides is 2. The predicted octanol–water partition coefficient (Wildman–Crippen LogP) is 2.89. The van der Waals surface area contributed by atoms with E-state index in [1.165, 1.54) is 0 Å². The van der Waals surface area contributed by atoms with Crippen molar-refractivity contribution in [1.29, 1.82) is 5.26 Å². The largest absolute Gasteiger partial charge is 0.497 e. The van der Waals surface area contributed by atoms with Crippen molar-refractivity contribution in [3.05, 3.63) is 29.8 Å². The molecule has 1 N–H and O–H groups in total. The summed E-state index contributed by atoms with van der Waals surface area (Å²) in [7, 11) is 1.64. The minimum atomic E-state index is -0.709. The molecule has 2 amide bonds. The van der Waals surface area contributed by atoms with Crippen molar-refractivity contribution in [1.82, 2.24) is 15.1 Å². The number of hydrogen-bond donors (Lipinski definition) is 1. The molecule has 0 radical (unpaired) electrons. The molecule has 1 atom stereocenters. The zero-order chi connectivity index (χ0) is 23.0. The Morgan fingerprint density at radius 1 is 1.09 bits per heavy atom. The molecule has 1 aliphatic heterocycles. The summed E-state index contributed by atoms with van der Waals surface area (Å²) in [5.41, 5.74) is 0.411. The van der Waals surface area contributed by atoms with Crippen LogP contribution in [0.2, 0.25) is 0 Å². The average Bonchev–Trinajstić information content (AvgIpc) is 3.09. The zero-order valence-electron chi connectivity index (χ0n) is 19.4. The number of nitriles is 1. The van der Waals surface area contributed by atoms with Crippen molar-refractivity contribution in [2.24, 2.45) is 0 Å². The van der Waals surface area contributed by atoms with Crippen LogP contribution >= 0.6 is 0 Å². The SMILES string of the molecule is COc1ccc(CCC(=O)N2CCCN(C(C)C(=O)NC3(C#N)CCCCC3)CC2)cc1. The van der Waals surface area contributed by atoms with Crippen LogP contribution in [0.4, 0.5) is 0 Å². The third-order valence-electron chi connectivity index (χ3n) is 6.88. The van der Waals surface area contributed by atoms with Gasteiger partial charge in [-0.2, -0.15) is 5.26 Å². The Hall–Kier alpha value is -2.59. The van der Waals surface area contributed by atoms with Crippen molar-refractivity contribution < 1.29 is 14.3 Å². The first-order valence-corrected chi connectivity index (χ1v) is 11.8. The van der Waals surface area contributed by atoms with Gasteiger partial charge in [-0.3, -0.25) is 14.5 Å². The van der Waals surface area contributed by atoms with Crippen molar-refractivity contribution in [3.8, 4) is 11.8 Å². The maximum absolute atomic E-state index is 12.9. The molecule has 1 aromatic carbocycles. The third kappa shape index (κ3) is 6.23. The van der Waals surface area contributed by atoms with Gasteiger partial charge in [0.15, 0.2) is 0 Å². The smallest absolute Gasteiger partial charge is 0.238 e. The van der Waals surface area contributed by atoms with Crippen LogP contribution < -0.4 is 10.1 Å². The number of benzene rings is 1. The lowest BCUT2D eigenvalue weighted by molar-refractivity contribution is -0.131. The molecule has 32 heavy (non-hydrogen) atoms. The Bertz CT molecular complexity index is 811. The number of hydrogen-bond acceptors (Lipinski definition) is 5. The lowest BCUT2D eigenvalue weighted by Crippen LogP contribution is -2.55. The number of rotatable bonds is 7. The number of ether oxygens (including phenoxy) is 1. The highest BCUT2D eigenvalue weighted by molar-refractivity contribution is 5.82. The molecule has 1 saturated carbocycles. The van der Waals surface area contributed by atoms with Gasteiger partial charge in [0.1, 0.15) is 11.3 Å². The fourth-order valence-corrected chi connectivity index (χ4v) is 4.70. The summed E-state index contributed by atoms with van der Waals surface area (Å²) in [4.78, 5) is 29.7. The Balaban J connectivity index is 1.48. The van der Waals surface area contributed by atoms with Crippen LogP contribution in [0, 0.1) is 11.3 Å².